The smallest absolute Gasteiger partial charge is 0.416 e. The first-order valence-electron chi connectivity index (χ1n) is 19.2. The van der Waals surface area contributed by atoms with Gasteiger partial charge in [-0.3, -0.25) is 24.6 Å². The van der Waals surface area contributed by atoms with E-state index in [-0.39, 0.29) is 36.2 Å². The number of carbonyl (C=O) groups is 4. The second-order valence-electron chi connectivity index (χ2n) is 15.5. The molecule has 316 valence electrons. The van der Waals surface area contributed by atoms with Crippen LogP contribution >= 0.6 is 0 Å². The monoisotopic (exact) mass is 845 g/mol. The molecule has 0 unspecified atom stereocenters. The molecule has 2 N–H and O–H groups in total. The van der Waals surface area contributed by atoms with Gasteiger partial charge >= 0.3 is 12.4 Å². The molecule has 2 aliphatic carbocycles. The van der Waals surface area contributed by atoms with Gasteiger partial charge in [-0.05, 0) is 79.3 Å². The molecule has 1 saturated carbocycles. The van der Waals surface area contributed by atoms with Gasteiger partial charge in [0.15, 0.2) is 11.5 Å². The zero-order valence-electron chi connectivity index (χ0n) is 32.7. The summed E-state index contributed by atoms with van der Waals surface area (Å²) in [4.78, 5) is 59.2. The fraction of sp³-hybridized carbons (Fsp3) is 0.289. The number of hydrazine groups is 1. The summed E-state index contributed by atoms with van der Waals surface area (Å²) in [7, 11) is 2.69. The number of benzene rings is 4. The van der Waals surface area contributed by atoms with Crippen LogP contribution < -0.4 is 19.8 Å². The van der Waals surface area contributed by atoms with Crippen LogP contribution in [0.25, 0.3) is 6.08 Å². The number of ether oxygens (including phenoxy) is 2. The van der Waals surface area contributed by atoms with E-state index in [1.807, 2.05) is 6.92 Å². The van der Waals surface area contributed by atoms with Crippen molar-refractivity contribution in [2.24, 2.45) is 29.6 Å². The molecule has 4 aliphatic rings. The Morgan fingerprint density at radius 1 is 0.787 bits per heavy atom. The molecule has 8 rings (SSSR count). The molecule has 6 atom stereocenters. The van der Waals surface area contributed by atoms with Crippen LogP contribution in [0.1, 0.15) is 40.7 Å². The molecule has 2 aliphatic heterocycles. The third-order valence-electron chi connectivity index (χ3n) is 12.3. The highest BCUT2D eigenvalue weighted by molar-refractivity contribution is 6.22. The number of phenolic OH excluding ortho intramolecular Hbond substituents is 1. The van der Waals surface area contributed by atoms with Crippen molar-refractivity contribution in [2.75, 3.05) is 24.5 Å². The summed E-state index contributed by atoms with van der Waals surface area (Å²) in [6.07, 6.45) is -5.79. The molecule has 61 heavy (non-hydrogen) atoms. The van der Waals surface area contributed by atoms with Crippen molar-refractivity contribution in [3.05, 3.63) is 130 Å². The number of hydrogen-bond acceptors (Lipinski definition) is 8. The normalized spacial score (nSPS) is 25.1. The van der Waals surface area contributed by atoms with Gasteiger partial charge in [-0.1, -0.05) is 71.8 Å². The number of hydrogen-bond donors (Lipinski definition) is 2. The molecule has 10 nitrogen and oxygen atoms in total. The predicted molar refractivity (Wildman–Crippen MR) is 209 cm³/mol. The second-order valence-corrected chi connectivity index (χ2v) is 15.5. The van der Waals surface area contributed by atoms with Gasteiger partial charge in [0, 0.05) is 5.92 Å². The number of carbonyl (C=O) groups excluding carboxylic acids is 4. The van der Waals surface area contributed by atoms with Gasteiger partial charge in [-0.25, -0.2) is 4.90 Å². The number of methoxy groups -OCH3 is 2. The van der Waals surface area contributed by atoms with Crippen LogP contribution in [0.2, 0.25) is 0 Å². The lowest BCUT2D eigenvalue weighted by Crippen LogP contribution is -2.54. The van der Waals surface area contributed by atoms with Crippen molar-refractivity contribution in [1.29, 1.82) is 0 Å². The lowest BCUT2D eigenvalue weighted by molar-refractivity contribution is -0.143. The van der Waals surface area contributed by atoms with E-state index < -0.39 is 87.8 Å². The third kappa shape index (κ3) is 6.68. The summed E-state index contributed by atoms with van der Waals surface area (Å²) < 4.78 is 94.5. The lowest BCUT2D eigenvalue weighted by Gasteiger charge is -2.49. The van der Waals surface area contributed by atoms with Crippen molar-refractivity contribution in [2.45, 2.75) is 37.5 Å². The largest absolute Gasteiger partial charge is 0.502 e. The van der Waals surface area contributed by atoms with E-state index in [0.717, 1.165) is 10.6 Å². The van der Waals surface area contributed by atoms with E-state index >= 15 is 4.79 Å². The van der Waals surface area contributed by atoms with Gasteiger partial charge in [0.05, 0.1) is 59.9 Å². The van der Waals surface area contributed by atoms with Gasteiger partial charge in [0.25, 0.3) is 11.8 Å². The van der Waals surface area contributed by atoms with E-state index in [4.69, 9.17) is 9.47 Å². The highest BCUT2D eigenvalue weighted by atomic mass is 19.4. The van der Waals surface area contributed by atoms with E-state index in [9.17, 15) is 45.8 Å². The van der Waals surface area contributed by atoms with Gasteiger partial charge < -0.3 is 14.6 Å². The Morgan fingerprint density at radius 2 is 1.39 bits per heavy atom. The summed E-state index contributed by atoms with van der Waals surface area (Å²) in [5.41, 5.74) is -0.232. The minimum absolute atomic E-state index is 0.0647. The van der Waals surface area contributed by atoms with Crippen LogP contribution in [0.4, 0.5) is 37.7 Å². The number of alkyl halides is 6. The number of nitrogens with one attached hydrogen (secondary N) is 1. The lowest BCUT2D eigenvalue weighted by atomic mass is 9.50. The second kappa shape index (κ2) is 14.9. The van der Waals surface area contributed by atoms with E-state index in [0.29, 0.717) is 39.4 Å². The Kier molecular flexibility index (Phi) is 10.0. The number of phenols is 1. The molecular formula is C45H37F6N3O7. The van der Waals surface area contributed by atoms with Crippen molar-refractivity contribution in [1.82, 2.24) is 5.01 Å². The van der Waals surface area contributed by atoms with E-state index in [1.54, 1.807) is 72.8 Å². The van der Waals surface area contributed by atoms with Gasteiger partial charge in [-0.2, -0.15) is 31.4 Å². The first kappa shape index (κ1) is 41.2. The van der Waals surface area contributed by atoms with Gasteiger partial charge in [0.2, 0.25) is 17.6 Å². The number of anilines is 2. The molecule has 4 amide bonds. The van der Waals surface area contributed by atoms with Crippen molar-refractivity contribution in [3.63, 3.8) is 0 Å². The van der Waals surface area contributed by atoms with E-state index in [1.165, 1.54) is 26.4 Å². The highest BCUT2D eigenvalue weighted by Crippen LogP contribution is 2.62. The van der Waals surface area contributed by atoms with Crippen LogP contribution in [0.3, 0.4) is 0 Å². The minimum Gasteiger partial charge on any atom is -0.502 e. The average Bonchev–Trinajstić information content (AvgIpc) is 3.61. The molecule has 4 aromatic carbocycles. The summed E-state index contributed by atoms with van der Waals surface area (Å²) in [5, 5.41) is 11.6. The topological polar surface area (TPSA) is 125 Å². The molecule has 2 saturated heterocycles. The Balaban J connectivity index is 1.29. The minimum atomic E-state index is -5.24. The Bertz CT molecular complexity index is 2460. The molecule has 4 aromatic rings. The van der Waals surface area contributed by atoms with Crippen molar-refractivity contribution in [3.8, 4) is 17.2 Å². The molecule has 0 spiro atoms. The van der Waals surface area contributed by atoms with Crippen LogP contribution in [0.15, 0.2) is 103 Å². The quantitative estimate of drug-likeness (QED) is 0.103. The maximum atomic E-state index is 15.3. The van der Waals surface area contributed by atoms with Crippen LogP contribution in [0, 0.1) is 36.5 Å². The first-order chi connectivity index (χ1) is 28.9. The number of aromatic hydroxyl groups is 1. The molecule has 2 heterocycles. The number of imide groups is 2. The Morgan fingerprint density at radius 3 is 1.97 bits per heavy atom. The van der Waals surface area contributed by atoms with Crippen molar-refractivity contribution < 1.29 is 60.1 Å². The Labute approximate surface area is 345 Å². The SMILES string of the molecule is COc1cc(C=C[C@H]2C3=CC[C@@H]4C(=O)N(c5cc(C(F)(F)F)cc(C(F)(F)F)c5)C(=O)[C@@H]4[C@@H]3C[C@H]3C(=O)N(Nc4ccc(C)cc4)C(=O)[C@@]23c2ccccc2)cc(OC)c1O. The molecular weight excluding hydrogens is 808 g/mol. The summed E-state index contributed by atoms with van der Waals surface area (Å²) >= 11 is 0. The van der Waals surface area contributed by atoms with Crippen molar-refractivity contribution >= 4 is 41.1 Å². The Hall–Kier alpha value is -6.58. The molecule has 16 heteroatoms. The third-order valence-corrected chi connectivity index (χ3v) is 12.3. The van der Waals surface area contributed by atoms with Gasteiger partial charge in [-0.15, -0.1) is 0 Å². The summed E-state index contributed by atoms with van der Waals surface area (Å²) in [6, 6.07) is 19.2. The van der Waals surface area contributed by atoms with Crippen LogP contribution in [0.5, 0.6) is 17.2 Å². The first-order valence-corrected chi connectivity index (χ1v) is 19.2. The summed E-state index contributed by atoms with van der Waals surface area (Å²) in [6.45, 7) is 1.87. The zero-order chi connectivity index (χ0) is 43.8. The standard InChI is InChI=1S/C45H37F6N3O7/c1-23-9-12-28(13-10-23)52-54-40(57)34-22-32-30(14-15-31-37(32)41(58)53(39(31)56)29-20-26(44(46,47)48)19-27(21-29)45(49,50)51)33(43(34,42(54)59)25-7-5-4-6-8-25)16-11-24-17-35(60-2)38(55)36(18-24)61-3/h4-14,16-21,31-34,37,52,55H,15,22H2,1-3H3/t31-,32+,33-,34-,37-,43-/m0/s1. The maximum Gasteiger partial charge on any atom is 0.416 e. The molecule has 0 aromatic heterocycles. The maximum absolute atomic E-state index is 15.3. The zero-order valence-corrected chi connectivity index (χ0v) is 32.7. The van der Waals surface area contributed by atoms with E-state index in [2.05, 4.69) is 5.43 Å². The van der Waals surface area contributed by atoms with Gasteiger partial charge in [0.1, 0.15) is 0 Å². The number of aryl methyl sites for hydroxylation is 1. The molecule has 0 radical (unpaired) electrons. The number of nitrogens with zero attached hydrogens (tertiary/aromatic N) is 2. The van der Waals surface area contributed by atoms with Crippen LogP contribution in [-0.2, 0) is 36.9 Å². The fourth-order valence-electron chi connectivity index (χ4n) is 9.53. The molecule has 3 fully saturated rings. The number of allylic oxidation sites excluding steroid dienone is 3. The average molecular weight is 846 g/mol. The number of fused-ring (bicyclic) bond motifs is 4. The van der Waals surface area contributed by atoms with Crippen LogP contribution in [-0.4, -0.2) is 48.0 Å². The molecule has 0 bridgehead atoms. The number of rotatable bonds is 8. The number of amides is 4. The predicted octanol–water partition coefficient (Wildman–Crippen LogP) is 8.49. The fourth-order valence-corrected chi connectivity index (χ4v) is 9.53. The number of halogens is 6. The highest BCUT2D eigenvalue weighted by Gasteiger charge is 2.69. The summed E-state index contributed by atoms with van der Waals surface area (Å²) in [5.74, 6) is -9.10.